The minimum Gasteiger partial charge on any atom is -0.376 e. The molecule has 54 heavy (non-hydrogen) atoms. The van der Waals surface area contributed by atoms with Gasteiger partial charge in [-0.05, 0) is 104 Å². The molecule has 260 valence electrons. The van der Waals surface area contributed by atoms with Crippen molar-refractivity contribution in [2.24, 2.45) is 0 Å². The van der Waals surface area contributed by atoms with Crippen molar-refractivity contribution < 1.29 is 5.11 Å². The Morgan fingerprint density at radius 1 is 0.500 bits per heavy atom. The van der Waals surface area contributed by atoms with E-state index in [0.29, 0.717) is 0 Å². The molecule has 0 bridgehead atoms. The Labute approximate surface area is 318 Å². The fraction of sp³-hybridized carbons (Fsp3) is 0.115. The van der Waals surface area contributed by atoms with Crippen LogP contribution in [0.2, 0.25) is 0 Å². The van der Waals surface area contributed by atoms with E-state index in [-0.39, 0.29) is 5.41 Å². The molecule has 1 N–H and O–H groups in total. The van der Waals surface area contributed by atoms with Gasteiger partial charge in [0, 0.05) is 27.9 Å². The van der Waals surface area contributed by atoms with Crippen LogP contribution in [0, 0.1) is 0 Å². The topological polar surface area (TPSA) is 23.5 Å². The lowest BCUT2D eigenvalue weighted by Gasteiger charge is -2.36. The molecule has 0 radical (unpaired) electrons. The van der Waals surface area contributed by atoms with Crippen LogP contribution in [0.5, 0.6) is 0 Å². The maximum atomic E-state index is 13.8. The van der Waals surface area contributed by atoms with Gasteiger partial charge in [-0.1, -0.05) is 166 Å². The average molecular weight is 696 g/mol. The zero-order valence-corrected chi connectivity index (χ0v) is 30.6. The van der Waals surface area contributed by atoms with E-state index in [1.807, 2.05) is 0 Å². The summed E-state index contributed by atoms with van der Waals surface area (Å²) in [4.78, 5) is 2.37. The maximum absolute atomic E-state index is 13.8. The first-order valence-electron chi connectivity index (χ1n) is 19.1. The normalized spacial score (nSPS) is 17.5. The van der Waals surface area contributed by atoms with Gasteiger partial charge >= 0.3 is 0 Å². The largest absolute Gasteiger partial charge is 0.376 e. The van der Waals surface area contributed by atoms with Gasteiger partial charge in [-0.3, -0.25) is 0 Å². The number of nitrogens with zero attached hydrogens (tertiary/aromatic N) is 1. The van der Waals surface area contributed by atoms with Crippen LogP contribution >= 0.6 is 0 Å². The summed E-state index contributed by atoms with van der Waals surface area (Å²) in [6.45, 7) is 4.67. The lowest BCUT2D eigenvalue weighted by molar-refractivity contribution is 0.130. The molecule has 0 saturated heterocycles. The third kappa shape index (κ3) is 4.84. The van der Waals surface area contributed by atoms with Gasteiger partial charge in [-0.25, -0.2) is 0 Å². The van der Waals surface area contributed by atoms with Crippen LogP contribution in [-0.2, 0) is 11.0 Å². The van der Waals surface area contributed by atoms with Crippen LogP contribution in [0.3, 0.4) is 0 Å². The van der Waals surface area contributed by atoms with Crippen LogP contribution in [0.15, 0.2) is 188 Å². The summed E-state index contributed by atoms with van der Waals surface area (Å²) in [6.07, 6.45) is 6.21. The summed E-state index contributed by atoms with van der Waals surface area (Å²) < 4.78 is 0. The standard InChI is InChI=1S/C52H41NO/c1-51(2)45-24-12-10-21-41(45)43-33-32-39(34-48(43)51)53(38-30-28-36(29-31-38)35-16-5-3-6-17-35)49-27-15-23-44-42-22-11-14-26-47(42)52(54,50(44)49)46-25-13-9-20-40(46)37-18-7-4-8-19-37/h3-8,10-19,21-34,54H,9,20H2,1-2H3. The van der Waals surface area contributed by atoms with E-state index in [1.165, 1.54) is 33.4 Å². The van der Waals surface area contributed by atoms with E-state index < -0.39 is 5.60 Å². The minimum absolute atomic E-state index is 0.164. The Hall–Kier alpha value is -6.22. The molecule has 0 fully saturated rings. The van der Waals surface area contributed by atoms with Gasteiger partial charge in [0.05, 0.1) is 5.69 Å². The summed E-state index contributed by atoms with van der Waals surface area (Å²) in [5, 5.41) is 13.8. The van der Waals surface area contributed by atoms with E-state index in [4.69, 9.17) is 0 Å². The summed E-state index contributed by atoms with van der Waals surface area (Å²) in [6, 6.07) is 60.8. The number of aliphatic hydroxyl groups is 1. The highest BCUT2D eigenvalue weighted by Crippen LogP contribution is 2.59. The lowest BCUT2D eigenvalue weighted by atomic mass is 9.76. The van der Waals surface area contributed by atoms with Gasteiger partial charge < -0.3 is 10.0 Å². The second-order valence-electron chi connectivity index (χ2n) is 15.3. The first kappa shape index (κ1) is 32.4. The molecule has 0 amide bonds. The molecular weight excluding hydrogens is 655 g/mol. The number of hydrogen-bond acceptors (Lipinski definition) is 2. The van der Waals surface area contributed by atoms with Crippen LogP contribution in [0.1, 0.15) is 54.5 Å². The molecule has 0 heterocycles. The van der Waals surface area contributed by atoms with Crippen molar-refractivity contribution in [2.75, 3.05) is 4.90 Å². The van der Waals surface area contributed by atoms with Gasteiger partial charge in [0.1, 0.15) is 5.60 Å². The predicted octanol–water partition coefficient (Wildman–Crippen LogP) is 13.1. The van der Waals surface area contributed by atoms with E-state index in [2.05, 4.69) is 201 Å². The van der Waals surface area contributed by atoms with Crippen LogP contribution in [0.25, 0.3) is 39.0 Å². The lowest BCUT2D eigenvalue weighted by Crippen LogP contribution is -2.30. The van der Waals surface area contributed by atoms with Gasteiger partial charge in [-0.15, -0.1) is 0 Å². The number of fused-ring (bicyclic) bond motifs is 6. The fourth-order valence-corrected chi connectivity index (χ4v) is 9.41. The molecule has 10 rings (SSSR count). The van der Waals surface area contributed by atoms with Gasteiger partial charge in [0.2, 0.25) is 0 Å². The highest BCUT2D eigenvalue weighted by molar-refractivity contribution is 5.94. The maximum Gasteiger partial charge on any atom is 0.144 e. The van der Waals surface area contributed by atoms with E-state index in [1.54, 1.807) is 0 Å². The summed E-state index contributed by atoms with van der Waals surface area (Å²) in [7, 11) is 0. The Morgan fingerprint density at radius 2 is 1.07 bits per heavy atom. The van der Waals surface area contributed by atoms with Crippen LogP contribution in [-0.4, -0.2) is 5.11 Å². The zero-order valence-electron chi connectivity index (χ0n) is 30.6. The monoisotopic (exact) mass is 695 g/mol. The zero-order chi connectivity index (χ0) is 36.4. The number of rotatable bonds is 6. The van der Waals surface area contributed by atoms with E-state index in [0.717, 1.165) is 68.9 Å². The average Bonchev–Trinajstić information content (AvgIpc) is 3.63. The molecule has 1 atom stereocenters. The van der Waals surface area contributed by atoms with Crippen molar-refractivity contribution in [1.82, 2.24) is 0 Å². The number of allylic oxidation sites excluding steroid dienone is 2. The van der Waals surface area contributed by atoms with E-state index >= 15 is 0 Å². The quantitative estimate of drug-likeness (QED) is 0.187. The molecule has 0 aliphatic heterocycles. The molecule has 3 aliphatic carbocycles. The number of hydrogen-bond donors (Lipinski definition) is 1. The molecule has 0 saturated carbocycles. The second-order valence-corrected chi connectivity index (χ2v) is 15.3. The van der Waals surface area contributed by atoms with Gasteiger partial charge in [0.25, 0.3) is 0 Å². The van der Waals surface area contributed by atoms with Crippen molar-refractivity contribution in [3.8, 4) is 33.4 Å². The Morgan fingerprint density at radius 3 is 1.81 bits per heavy atom. The first-order valence-corrected chi connectivity index (χ1v) is 19.1. The Bertz CT molecular complexity index is 2630. The molecule has 0 aromatic heterocycles. The van der Waals surface area contributed by atoms with Crippen molar-refractivity contribution in [3.63, 3.8) is 0 Å². The third-order valence-electron chi connectivity index (χ3n) is 12.0. The highest BCUT2D eigenvalue weighted by Gasteiger charge is 2.48. The molecule has 7 aromatic carbocycles. The van der Waals surface area contributed by atoms with Gasteiger partial charge in [0.15, 0.2) is 0 Å². The smallest absolute Gasteiger partial charge is 0.144 e. The first-order chi connectivity index (χ1) is 26.4. The van der Waals surface area contributed by atoms with Crippen molar-refractivity contribution in [2.45, 2.75) is 37.7 Å². The molecule has 1 unspecified atom stereocenters. The molecular formula is C52H41NO. The van der Waals surface area contributed by atoms with Gasteiger partial charge in [-0.2, -0.15) is 0 Å². The number of anilines is 3. The van der Waals surface area contributed by atoms with Crippen LogP contribution in [0.4, 0.5) is 17.1 Å². The second kappa shape index (κ2) is 12.4. The highest BCUT2D eigenvalue weighted by atomic mass is 16.3. The van der Waals surface area contributed by atoms with Crippen molar-refractivity contribution in [3.05, 3.63) is 215 Å². The van der Waals surface area contributed by atoms with Crippen molar-refractivity contribution >= 4 is 22.6 Å². The number of benzene rings is 7. The summed E-state index contributed by atoms with van der Waals surface area (Å²) >= 11 is 0. The van der Waals surface area contributed by atoms with Crippen molar-refractivity contribution in [1.29, 1.82) is 0 Å². The molecule has 2 nitrogen and oxygen atoms in total. The van der Waals surface area contributed by atoms with Crippen LogP contribution < -0.4 is 4.90 Å². The third-order valence-corrected chi connectivity index (χ3v) is 12.0. The minimum atomic E-state index is -1.39. The summed E-state index contributed by atoms with van der Waals surface area (Å²) in [5.74, 6) is 0. The Balaban J connectivity index is 1.23. The fourth-order valence-electron chi connectivity index (χ4n) is 9.41. The summed E-state index contributed by atoms with van der Waals surface area (Å²) in [5.41, 5.74) is 16.4. The SMILES string of the molecule is CC1(C)c2ccccc2-c2ccc(N(c3ccc(-c4ccccc4)cc3)c3cccc4c3C(O)(C3=C(c5ccccc5)CCC=C3)c3ccccc3-4)cc21. The molecule has 2 heteroatoms. The molecule has 7 aromatic rings. The Kier molecular flexibility index (Phi) is 7.47. The molecule has 3 aliphatic rings. The molecule has 0 spiro atoms. The predicted molar refractivity (Wildman–Crippen MR) is 224 cm³/mol. The van der Waals surface area contributed by atoms with E-state index in [9.17, 15) is 5.11 Å².